The summed E-state index contributed by atoms with van der Waals surface area (Å²) in [5, 5.41) is 3.60. The van der Waals surface area contributed by atoms with Crippen LogP contribution in [0.3, 0.4) is 0 Å². The molecule has 0 unspecified atom stereocenters. The van der Waals surface area contributed by atoms with Gasteiger partial charge in [0.1, 0.15) is 6.33 Å². The molecule has 1 N–H and O–H groups in total. The van der Waals surface area contributed by atoms with E-state index in [1.807, 2.05) is 13.0 Å². The fourth-order valence-electron chi connectivity index (χ4n) is 1.82. The highest BCUT2D eigenvalue weighted by atomic mass is 32.1. The Bertz CT molecular complexity index is 626. The molecule has 2 heterocycles. The summed E-state index contributed by atoms with van der Waals surface area (Å²) in [6.45, 7) is 1.87. The Hall–Kier alpha value is -1.95. The lowest BCUT2D eigenvalue weighted by atomic mass is 10.3. The number of anilines is 1. The molecule has 0 atom stereocenters. The van der Waals surface area contributed by atoms with E-state index >= 15 is 0 Å². The normalized spacial score (nSPS) is 14.4. The summed E-state index contributed by atoms with van der Waals surface area (Å²) in [6, 6.07) is 1.84. The number of aromatic nitrogens is 2. The van der Waals surface area contributed by atoms with Crippen LogP contribution in [0.1, 0.15) is 28.1 Å². The number of thiophene rings is 1. The number of carbonyl (C=O) groups excluding carboxylic acids is 2. The zero-order chi connectivity index (χ0) is 13.4. The van der Waals surface area contributed by atoms with Gasteiger partial charge in [-0.15, -0.1) is 11.3 Å². The smallest absolute Gasteiger partial charge is 0.273 e. The van der Waals surface area contributed by atoms with E-state index < -0.39 is 0 Å². The third-order valence-corrected chi connectivity index (χ3v) is 4.19. The van der Waals surface area contributed by atoms with Crippen LogP contribution in [0, 0.1) is 12.8 Å². The average Bonchev–Trinajstić information content (AvgIpc) is 2.97. The maximum Gasteiger partial charge on any atom is 0.273 e. The second-order valence-corrected chi connectivity index (χ2v) is 5.71. The third kappa shape index (κ3) is 2.44. The minimum absolute atomic E-state index is 0.0582. The number of aryl methyl sites for hydroxylation is 1. The van der Waals surface area contributed by atoms with Crippen LogP contribution in [0.4, 0.5) is 5.00 Å². The third-order valence-electron chi connectivity index (χ3n) is 3.05. The lowest BCUT2D eigenvalue weighted by Gasteiger charge is -1.99. The molecule has 0 aliphatic heterocycles. The lowest BCUT2D eigenvalue weighted by molar-refractivity contribution is -0.117. The number of carbonyl (C=O) groups is 2. The Balaban J connectivity index is 1.80. The van der Waals surface area contributed by atoms with Crippen molar-refractivity contribution in [1.29, 1.82) is 0 Å². The predicted octanol–water partition coefficient (Wildman–Crippen LogP) is 2.29. The second-order valence-electron chi connectivity index (χ2n) is 4.66. The molecular weight excluding hydrogens is 262 g/mol. The molecule has 1 fully saturated rings. The van der Waals surface area contributed by atoms with Gasteiger partial charge in [-0.2, -0.15) is 0 Å². The topological polar surface area (TPSA) is 64.0 Å². The molecule has 1 amide bonds. The first-order valence-electron chi connectivity index (χ1n) is 6.09. The van der Waals surface area contributed by atoms with E-state index in [2.05, 4.69) is 10.3 Å². The van der Waals surface area contributed by atoms with Gasteiger partial charge in [0.05, 0.1) is 9.88 Å². The number of imidazole rings is 1. The molecule has 0 radical (unpaired) electrons. The molecule has 0 saturated heterocycles. The molecule has 98 valence electrons. The van der Waals surface area contributed by atoms with Gasteiger partial charge in [-0.1, -0.05) is 0 Å². The largest absolute Gasteiger partial charge is 0.317 e. The van der Waals surface area contributed by atoms with E-state index in [1.165, 1.54) is 22.2 Å². The summed E-state index contributed by atoms with van der Waals surface area (Å²) in [5.74, 6) is 0.102. The van der Waals surface area contributed by atoms with Crippen molar-refractivity contribution in [3.63, 3.8) is 0 Å². The fourth-order valence-corrected chi connectivity index (χ4v) is 2.84. The lowest BCUT2D eigenvalue weighted by Crippen LogP contribution is -2.12. The van der Waals surface area contributed by atoms with Crippen LogP contribution in [-0.2, 0) is 4.79 Å². The van der Waals surface area contributed by atoms with Crippen LogP contribution in [0.15, 0.2) is 24.8 Å². The van der Waals surface area contributed by atoms with Crippen LogP contribution in [0.5, 0.6) is 0 Å². The summed E-state index contributed by atoms with van der Waals surface area (Å²) in [6.07, 6.45) is 6.60. The van der Waals surface area contributed by atoms with Crippen LogP contribution >= 0.6 is 11.3 Å². The number of hydrogen-bond acceptors (Lipinski definition) is 4. The molecule has 1 saturated carbocycles. The maximum atomic E-state index is 12.2. The molecule has 1 aliphatic rings. The summed E-state index contributed by atoms with van der Waals surface area (Å²) >= 11 is 1.31. The highest BCUT2D eigenvalue weighted by Crippen LogP contribution is 2.33. The summed E-state index contributed by atoms with van der Waals surface area (Å²) in [5.41, 5.74) is 0.870. The van der Waals surface area contributed by atoms with Crippen LogP contribution < -0.4 is 5.32 Å². The molecule has 0 bridgehead atoms. The number of nitrogens with one attached hydrogen (secondary N) is 1. The Morgan fingerprint density at radius 2 is 2.26 bits per heavy atom. The molecule has 2 aromatic heterocycles. The Morgan fingerprint density at radius 1 is 1.47 bits per heavy atom. The zero-order valence-corrected chi connectivity index (χ0v) is 11.2. The van der Waals surface area contributed by atoms with Crippen molar-refractivity contribution in [3.8, 4) is 0 Å². The van der Waals surface area contributed by atoms with Crippen LogP contribution in [0.2, 0.25) is 0 Å². The summed E-state index contributed by atoms with van der Waals surface area (Å²) in [7, 11) is 0. The predicted molar refractivity (Wildman–Crippen MR) is 72.4 cm³/mol. The van der Waals surface area contributed by atoms with Crippen molar-refractivity contribution >= 4 is 28.2 Å². The van der Waals surface area contributed by atoms with E-state index in [4.69, 9.17) is 0 Å². The van der Waals surface area contributed by atoms with E-state index in [1.54, 1.807) is 12.4 Å². The summed E-state index contributed by atoms with van der Waals surface area (Å²) < 4.78 is 1.44. The molecule has 0 aromatic carbocycles. The standard InChI is InChI=1S/C13H13N3O2S/c1-8-6-10(15-12(17)9-2-3-9)19-11(8)13(18)16-5-4-14-7-16/h4-7,9H,2-3H2,1H3,(H,15,17). The Morgan fingerprint density at radius 3 is 2.89 bits per heavy atom. The molecular formula is C13H13N3O2S. The Labute approximate surface area is 114 Å². The van der Waals surface area contributed by atoms with Crippen molar-refractivity contribution in [1.82, 2.24) is 9.55 Å². The van der Waals surface area contributed by atoms with Gasteiger partial charge in [0.15, 0.2) is 0 Å². The van der Waals surface area contributed by atoms with Crippen molar-refractivity contribution in [3.05, 3.63) is 35.2 Å². The zero-order valence-electron chi connectivity index (χ0n) is 10.4. The monoisotopic (exact) mass is 275 g/mol. The van der Waals surface area contributed by atoms with Gasteiger partial charge in [0, 0.05) is 18.3 Å². The van der Waals surface area contributed by atoms with Gasteiger partial charge in [-0.25, -0.2) is 4.98 Å². The second kappa shape index (κ2) is 4.62. The molecule has 0 spiro atoms. The van der Waals surface area contributed by atoms with E-state index in [0.717, 1.165) is 23.4 Å². The first kappa shape index (κ1) is 12.1. The SMILES string of the molecule is Cc1cc(NC(=O)C2CC2)sc1C(=O)n1ccnc1. The van der Waals surface area contributed by atoms with Gasteiger partial charge in [-0.05, 0) is 31.4 Å². The molecule has 3 rings (SSSR count). The molecule has 5 nitrogen and oxygen atoms in total. The molecule has 2 aromatic rings. The quantitative estimate of drug-likeness (QED) is 0.934. The van der Waals surface area contributed by atoms with E-state index in [0.29, 0.717) is 4.88 Å². The van der Waals surface area contributed by atoms with E-state index in [9.17, 15) is 9.59 Å². The van der Waals surface area contributed by atoms with Crippen molar-refractivity contribution in [2.45, 2.75) is 19.8 Å². The first-order chi connectivity index (χ1) is 9.15. The van der Waals surface area contributed by atoms with Gasteiger partial charge in [0.2, 0.25) is 5.91 Å². The maximum absolute atomic E-state index is 12.2. The number of hydrogen-bond donors (Lipinski definition) is 1. The molecule has 6 heteroatoms. The van der Waals surface area contributed by atoms with E-state index in [-0.39, 0.29) is 17.7 Å². The van der Waals surface area contributed by atoms with Gasteiger partial charge in [0.25, 0.3) is 5.91 Å². The highest BCUT2D eigenvalue weighted by Gasteiger charge is 2.30. The molecule has 19 heavy (non-hydrogen) atoms. The highest BCUT2D eigenvalue weighted by molar-refractivity contribution is 7.18. The van der Waals surface area contributed by atoms with Crippen LogP contribution in [-0.4, -0.2) is 21.4 Å². The van der Waals surface area contributed by atoms with Gasteiger partial charge < -0.3 is 5.32 Å². The fraction of sp³-hybridized carbons (Fsp3) is 0.308. The van der Waals surface area contributed by atoms with Gasteiger partial charge >= 0.3 is 0 Å². The van der Waals surface area contributed by atoms with Crippen molar-refractivity contribution in [2.24, 2.45) is 5.92 Å². The average molecular weight is 275 g/mol. The number of rotatable bonds is 3. The van der Waals surface area contributed by atoms with Crippen LogP contribution in [0.25, 0.3) is 0 Å². The minimum atomic E-state index is -0.119. The van der Waals surface area contributed by atoms with Crippen molar-refractivity contribution in [2.75, 3.05) is 5.32 Å². The number of amides is 1. The Kier molecular flexibility index (Phi) is 2.94. The minimum Gasteiger partial charge on any atom is -0.317 e. The number of nitrogens with zero attached hydrogens (tertiary/aromatic N) is 2. The first-order valence-corrected chi connectivity index (χ1v) is 6.91. The summed E-state index contributed by atoms with van der Waals surface area (Å²) in [4.78, 5) is 28.4. The molecule has 1 aliphatic carbocycles. The van der Waals surface area contributed by atoms with Crippen molar-refractivity contribution < 1.29 is 9.59 Å². The van der Waals surface area contributed by atoms with Gasteiger partial charge in [-0.3, -0.25) is 14.2 Å².